The van der Waals surface area contributed by atoms with Gasteiger partial charge in [0.05, 0.1) is 0 Å². The minimum atomic E-state index is 0.156. The number of amides is 1. The van der Waals surface area contributed by atoms with Crippen molar-refractivity contribution in [3.63, 3.8) is 0 Å². The summed E-state index contributed by atoms with van der Waals surface area (Å²) in [6, 6.07) is 0.409. The number of rotatable bonds is 5. The maximum atomic E-state index is 12.0. The first-order valence-corrected chi connectivity index (χ1v) is 9.42. The fourth-order valence-corrected chi connectivity index (χ4v) is 4.63. The third-order valence-electron chi connectivity index (χ3n) is 6.18. The second-order valence-corrected chi connectivity index (χ2v) is 8.21. The van der Waals surface area contributed by atoms with Crippen molar-refractivity contribution in [2.45, 2.75) is 57.9 Å². The van der Waals surface area contributed by atoms with E-state index in [2.05, 4.69) is 17.1 Å². The average molecular weight is 337 g/mol. The van der Waals surface area contributed by atoms with Crippen LogP contribution in [0.2, 0.25) is 0 Å². The molecule has 2 saturated carbocycles. The number of hydrogen-bond acceptors (Lipinski definition) is 2. The van der Waals surface area contributed by atoms with E-state index >= 15 is 0 Å². The summed E-state index contributed by atoms with van der Waals surface area (Å²) < 4.78 is 0. The Kier molecular flexibility index (Phi) is 5.17. The van der Waals surface area contributed by atoms with E-state index < -0.39 is 0 Å². The Hall–Kier alpha value is -0.800. The molecule has 2 N–H and O–H groups in total. The topological polar surface area (TPSA) is 46.3 Å². The molecule has 0 heterocycles. The van der Waals surface area contributed by atoms with Crippen molar-refractivity contribution in [1.29, 1.82) is 0 Å². The van der Waals surface area contributed by atoms with Crippen LogP contribution in [-0.4, -0.2) is 29.9 Å². The van der Waals surface area contributed by atoms with Crippen LogP contribution in [0.1, 0.15) is 51.9 Å². The van der Waals surface area contributed by atoms with Crippen molar-refractivity contribution in [2.24, 2.45) is 23.0 Å². The minimum Gasteiger partial charge on any atom is -0.340 e. The molecule has 1 unspecified atom stereocenters. The van der Waals surface area contributed by atoms with Crippen LogP contribution in [0.4, 0.5) is 0 Å². The molecule has 3 aliphatic carbocycles. The molecular formula is C19H29ClN2O. The highest BCUT2D eigenvalue weighted by molar-refractivity contribution is 6.29. The van der Waals surface area contributed by atoms with Gasteiger partial charge < -0.3 is 10.6 Å². The fourth-order valence-electron chi connectivity index (χ4n) is 4.39. The molecule has 3 rings (SSSR count). The average Bonchev–Trinajstić information content (AvgIpc) is 3.37. The molecule has 1 atom stereocenters. The standard InChI is InChI=1S/C19H29ClN2O/c1-14(23)22(12-15-5-6-15)18-7-9-19(13-21,10-8-18)16-3-2-4-17(20)11-16/h2-4,15-16,18H,5-13,21H2,1H3/t16?,18-,19+. The molecule has 1 amide bonds. The molecule has 0 aliphatic heterocycles. The number of nitrogens with two attached hydrogens (primary N) is 1. The monoisotopic (exact) mass is 336 g/mol. The molecule has 23 heavy (non-hydrogen) atoms. The summed E-state index contributed by atoms with van der Waals surface area (Å²) in [4.78, 5) is 14.2. The molecule has 3 nitrogen and oxygen atoms in total. The maximum Gasteiger partial charge on any atom is 0.219 e. The summed E-state index contributed by atoms with van der Waals surface area (Å²) in [5.74, 6) is 1.44. The largest absolute Gasteiger partial charge is 0.340 e. The zero-order valence-electron chi connectivity index (χ0n) is 14.1. The van der Waals surface area contributed by atoms with E-state index in [9.17, 15) is 4.79 Å². The van der Waals surface area contributed by atoms with Gasteiger partial charge >= 0.3 is 0 Å². The second-order valence-electron chi connectivity index (χ2n) is 7.72. The number of carbonyl (C=O) groups is 1. The van der Waals surface area contributed by atoms with E-state index in [0.717, 1.165) is 49.6 Å². The van der Waals surface area contributed by atoms with E-state index in [1.807, 2.05) is 6.08 Å². The normalized spacial score (nSPS) is 34.1. The van der Waals surface area contributed by atoms with Crippen molar-refractivity contribution in [3.8, 4) is 0 Å². The third-order valence-corrected chi connectivity index (χ3v) is 6.46. The Morgan fingerprint density at radius 3 is 2.57 bits per heavy atom. The molecule has 0 bridgehead atoms. The summed E-state index contributed by atoms with van der Waals surface area (Å²) in [5.41, 5.74) is 6.37. The van der Waals surface area contributed by atoms with Gasteiger partial charge in [0.2, 0.25) is 5.91 Å². The first-order valence-electron chi connectivity index (χ1n) is 9.04. The minimum absolute atomic E-state index is 0.156. The Bertz CT molecular complexity index is 501. The van der Waals surface area contributed by atoms with Crippen LogP contribution in [0.25, 0.3) is 0 Å². The first-order chi connectivity index (χ1) is 11.0. The van der Waals surface area contributed by atoms with Crippen LogP contribution in [-0.2, 0) is 4.79 Å². The molecule has 3 aliphatic rings. The predicted octanol–water partition coefficient (Wildman–Crippen LogP) is 3.83. The van der Waals surface area contributed by atoms with Gasteiger partial charge in [-0.3, -0.25) is 4.79 Å². The second kappa shape index (κ2) is 6.98. The van der Waals surface area contributed by atoms with Gasteiger partial charge in [-0.1, -0.05) is 23.8 Å². The van der Waals surface area contributed by atoms with Crippen LogP contribution in [0.15, 0.2) is 23.3 Å². The molecule has 0 aromatic carbocycles. The summed E-state index contributed by atoms with van der Waals surface area (Å²) in [6.45, 7) is 3.40. The number of hydrogen-bond donors (Lipinski definition) is 1. The van der Waals surface area contributed by atoms with Gasteiger partial charge in [0.15, 0.2) is 0 Å². The lowest BCUT2D eigenvalue weighted by molar-refractivity contribution is -0.132. The van der Waals surface area contributed by atoms with Crippen LogP contribution in [0.3, 0.4) is 0 Å². The Morgan fingerprint density at radius 2 is 2.04 bits per heavy atom. The number of halogens is 1. The van der Waals surface area contributed by atoms with Gasteiger partial charge in [-0.2, -0.15) is 0 Å². The lowest BCUT2D eigenvalue weighted by atomic mass is 9.63. The van der Waals surface area contributed by atoms with Crippen molar-refractivity contribution in [3.05, 3.63) is 23.3 Å². The Labute approximate surface area is 144 Å². The third kappa shape index (κ3) is 3.83. The quantitative estimate of drug-likeness (QED) is 0.829. The molecule has 4 heteroatoms. The van der Waals surface area contributed by atoms with Crippen LogP contribution in [0, 0.1) is 17.3 Å². The fraction of sp³-hybridized carbons (Fsp3) is 0.737. The highest BCUT2D eigenvalue weighted by Gasteiger charge is 2.42. The van der Waals surface area contributed by atoms with E-state index in [1.165, 1.54) is 12.8 Å². The van der Waals surface area contributed by atoms with Gasteiger partial charge in [0.1, 0.15) is 0 Å². The van der Waals surface area contributed by atoms with E-state index in [-0.39, 0.29) is 11.3 Å². The molecular weight excluding hydrogens is 308 g/mol. The Morgan fingerprint density at radius 1 is 1.35 bits per heavy atom. The summed E-state index contributed by atoms with van der Waals surface area (Å²) >= 11 is 6.25. The lowest BCUT2D eigenvalue weighted by Gasteiger charge is -2.47. The van der Waals surface area contributed by atoms with Crippen LogP contribution < -0.4 is 5.73 Å². The van der Waals surface area contributed by atoms with Gasteiger partial charge in [0.25, 0.3) is 0 Å². The van der Waals surface area contributed by atoms with Gasteiger partial charge in [-0.05, 0) is 74.8 Å². The molecule has 0 saturated heterocycles. The summed E-state index contributed by atoms with van der Waals surface area (Å²) in [7, 11) is 0. The highest BCUT2D eigenvalue weighted by atomic mass is 35.5. The van der Waals surface area contributed by atoms with Crippen molar-refractivity contribution < 1.29 is 4.79 Å². The number of nitrogens with zero attached hydrogens (tertiary/aromatic N) is 1. The number of carbonyl (C=O) groups excluding carboxylic acids is 1. The predicted molar refractivity (Wildman–Crippen MR) is 95.0 cm³/mol. The van der Waals surface area contributed by atoms with Crippen molar-refractivity contribution >= 4 is 17.5 Å². The molecule has 0 aromatic heterocycles. The molecule has 0 radical (unpaired) electrons. The van der Waals surface area contributed by atoms with Crippen LogP contribution in [0.5, 0.6) is 0 Å². The Balaban J connectivity index is 1.64. The van der Waals surface area contributed by atoms with Crippen molar-refractivity contribution in [1.82, 2.24) is 4.90 Å². The zero-order chi connectivity index (χ0) is 16.4. The lowest BCUT2D eigenvalue weighted by Crippen LogP contribution is -2.48. The zero-order valence-corrected chi connectivity index (χ0v) is 14.9. The van der Waals surface area contributed by atoms with Crippen LogP contribution >= 0.6 is 11.6 Å². The SMILES string of the molecule is CC(=O)N(CC1CC1)[C@H]1CC[C@@](CN)(C2C=CC=C(Cl)C2)CC1. The van der Waals surface area contributed by atoms with Crippen molar-refractivity contribution in [2.75, 3.05) is 13.1 Å². The summed E-state index contributed by atoms with van der Waals surface area (Å²) in [6.07, 6.45) is 14.2. The van der Waals surface area contributed by atoms with Gasteiger partial charge in [0, 0.05) is 24.5 Å². The van der Waals surface area contributed by atoms with Gasteiger partial charge in [-0.25, -0.2) is 0 Å². The molecule has 0 spiro atoms. The number of allylic oxidation sites excluding steroid dienone is 4. The molecule has 0 aromatic rings. The summed E-state index contributed by atoms with van der Waals surface area (Å²) in [5, 5.41) is 0.937. The smallest absolute Gasteiger partial charge is 0.219 e. The molecule has 2 fully saturated rings. The van der Waals surface area contributed by atoms with Gasteiger partial charge in [-0.15, -0.1) is 0 Å². The van der Waals surface area contributed by atoms with E-state index in [4.69, 9.17) is 17.3 Å². The van der Waals surface area contributed by atoms with E-state index in [0.29, 0.717) is 18.5 Å². The molecule has 128 valence electrons. The first kappa shape index (κ1) is 17.0. The maximum absolute atomic E-state index is 12.0. The van der Waals surface area contributed by atoms with E-state index in [1.54, 1.807) is 6.92 Å². The highest BCUT2D eigenvalue weighted by Crippen LogP contribution is 2.47.